The Morgan fingerprint density at radius 2 is 1.54 bits per heavy atom. The summed E-state index contributed by atoms with van der Waals surface area (Å²) in [6.45, 7) is 2.27. The second-order valence-corrected chi connectivity index (χ2v) is 7.71. The predicted octanol–water partition coefficient (Wildman–Crippen LogP) is 5.44. The Labute approximate surface area is 207 Å². The number of anilines is 2. The molecule has 3 aromatic rings. The Morgan fingerprint density at radius 1 is 1.03 bits per heavy atom. The lowest BCUT2D eigenvalue weighted by atomic mass is 10.1. The summed E-state index contributed by atoms with van der Waals surface area (Å²) in [5, 5.41) is 14.5. The van der Waals surface area contributed by atoms with E-state index in [1.54, 1.807) is 50.3 Å². The van der Waals surface area contributed by atoms with Crippen LogP contribution in [0.2, 0.25) is 5.15 Å². The van der Waals surface area contributed by atoms with E-state index >= 15 is 0 Å². The number of hydrogen-bond donors (Lipinski definition) is 1. The minimum atomic E-state index is -0.833. The minimum Gasteiger partial charge on any atom is -0.497 e. The van der Waals surface area contributed by atoms with Crippen molar-refractivity contribution in [3.63, 3.8) is 0 Å². The van der Waals surface area contributed by atoms with Gasteiger partial charge in [0, 0.05) is 19.2 Å². The standard InChI is InChI=1S/C24H25ClN4O6/c1-4-35-24(30)26-20-13-21(25)27-23(22(20)29(31)32)28(14-16-5-9-18(33-2)10-6-16)15-17-7-11-19(34-3)12-8-17/h5-13H,4,14-15H2,1-3H3,(H,26,27,30). The molecule has 1 N–H and O–H groups in total. The molecule has 10 nitrogen and oxygen atoms in total. The van der Waals surface area contributed by atoms with Crippen molar-refractivity contribution in [1.29, 1.82) is 0 Å². The number of nitrogens with zero attached hydrogens (tertiary/aromatic N) is 3. The van der Waals surface area contributed by atoms with E-state index in [1.807, 2.05) is 24.3 Å². The number of nitrogens with one attached hydrogen (secondary N) is 1. The van der Waals surface area contributed by atoms with Crippen LogP contribution in [0.15, 0.2) is 54.6 Å². The first kappa shape index (κ1) is 25.6. The van der Waals surface area contributed by atoms with Gasteiger partial charge in [-0.2, -0.15) is 0 Å². The number of aromatic nitrogens is 1. The fourth-order valence-corrected chi connectivity index (χ4v) is 3.56. The van der Waals surface area contributed by atoms with Crippen LogP contribution in [0.3, 0.4) is 0 Å². The van der Waals surface area contributed by atoms with E-state index in [1.165, 1.54) is 6.07 Å². The molecular weight excluding hydrogens is 476 g/mol. The first-order chi connectivity index (χ1) is 16.8. The Kier molecular flexibility index (Phi) is 8.69. The van der Waals surface area contributed by atoms with Crippen molar-refractivity contribution < 1.29 is 23.9 Å². The smallest absolute Gasteiger partial charge is 0.411 e. The highest BCUT2D eigenvalue weighted by Crippen LogP contribution is 2.37. The van der Waals surface area contributed by atoms with Crippen LogP contribution in [-0.4, -0.2) is 36.8 Å². The molecule has 1 amide bonds. The number of nitro groups is 1. The van der Waals surface area contributed by atoms with Gasteiger partial charge in [0.25, 0.3) is 0 Å². The maximum Gasteiger partial charge on any atom is 0.411 e. The van der Waals surface area contributed by atoms with Gasteiger partial charge in [0.2, 0.25) is 5.82 Å². The molecule has 0 spiro atoms. The molecule has 0 aliphatic heterocycles. The number of rotatable bonds is 10. The Bertz CT molecular complexity index is 1120. The summed E-state index contributed by atoms with van der Waals surface area (Å²) in [4.78, 5) is 29.6. The van der Waals surface area contributed by atoms with Crippen LogP contribution < -0.4 is 19.7 Å². The molecule has 0 unspecified atom stereocenters. The van der Waals surface area contributed by atoms with E-state index < -0.39 is 16.7 Å². The summed E-state index contributed by atoms with van der Waals surface area (Å²) in [5.41, 5.74) is 1.20. The molecule has 0 saturated carbocycles. The van der Waals surface area contributed by atoms with Crippen LogP contribution in [0.5, 0.6) is 11.5 Å². The third-order valence-corrected chi connectivity index (χ3v) is 5.20. The number of methoxy groups -OCH3 is 2. The molecule has 0 aliphatic carbocycles. The fraction of sp³-hybridized carbons (Fsp3) is 0.250. The lowest BCUT2D eigenvalue weighted by molar-refractivity contribution is -0.383. The monoisotopic (exact) mass is 500 g/mol. The topological polar surface area (TPSA) is 116 Å². The Hall–Kier alpha value is -4.05. The Balaban J connectivity index is 2.07. The molecular formula is C24H25ClN4O6. The highest BCUT2D eigenvalue weighted by atomic mass is 35.5. The van der Waals surface area contributed by atoms with Gasteiger partial charge in [-0.05, 0) is 42.3 Å². The van der Waals surface area contributed by atoms with E-state index in [-0.39, 0.29) is 36.4 Å². The predicted molar refractivity (Wildman–Crippen MR) is 132 cm³/mol. The van der Waals surface area contributed by atoms with Gasteiger partial charge >= 0.3 is 11.8 Å². The third-order valence-electron chi connectivity index (χ3n) is 5.00. The van der Waals surface area contributed by atoms with E-state index in [9.17, 15) is 14.9 Å². The van der Waals surface area contributed by atoms with Crippen molar-refractivity contribution in [1.82, 2.24) is 4.98 Å². The molecule has 11 heteroatoms. The van der Waals surface area contributed by atoms with E-state index in [0.717, 1.165) is 11.1 Å². The summed E-state index contributed by atoms with van der Waals surface area (Å²) >= 11 is 6.23. The van der Waals surface area contributed by atoms with Crippen LogP contribution in [-0.2, 0) is 17.8 Å². The second-order valence-electron chi connectivity index (χ2n) is 7.32. The zero-order valence-electron chi connectivity index (χ0n) is 19.5. The van der Waals surface area contributed by atoms with Crippen molar-refractivity contribution in [3.05, 3.63) is 81.0 Å². The fourth-order valence-electron chi connectivity index (χ4n) is 3.38. The van der Waals surface area contributed by atoms with Crippen LogP contribution in [0.25, 0.3) is 0 Å². The van der Waals surface area contributed by atoms with Crippen LogP contribution in [0, 0.1) is 10.1 Å². The summed E-state index contributed by atoms with van der Waals surface area (Å²) in [6.07, 6.45) is -0.833. The molecule has 0 fully saturated rings. The maximum atomic E-state index is 12.1. The molecule has 1 aromatic heterocycles. The van der Waals surface area contributed by atoms with Crippen molar-refractivity contribution in [2.24, 2.45) is 0 Å². The molecule has 0 atom stereocenters. The van der Waals surface area contributed by atoms with Crippen LogP contribution in [0.1, 0.15) is 18.1 Å². The quantitative estimate of drug-likeness (QED) is 0.222. The van der Waals surface area contributed by atoms with Gasteiger partial charge in [-0.1, -0.05) is 35.9 Å². The van der Waals surface area contributed by atoms with Gasteiger partial charge < -0.3 is 19.1 Å². The number of halogens is 1. The van der Waals surface area contributed by atoms with Gasteiger partial charge in [-0.3, -0.25) is 15.4 Å². The zero-order valence-corrected chi connectivity index (χ0v) is 20.2. The molecule has 0 aliphatic rings. The van der Waals surface area contributed by atoms with Crippen molar-refractivity contribution in [3.8, 4) is 11.5 Å². The minimum absolute atomic E-state index is 0.000865. The molecule has 0 saturated heterocycles. The number of ether oxygens (including phenoxy) is 3. The lowest BCUT2D eigenvalue weighted by Gasteiger charge is -2.25. The Morgan fingerprint density at radius 3 is 1.97 bits per heavy atom. The van der Waals surface area contributed by atoms with Gasteiger partial charge in [-0.25, -0.2) is 9.78 Å². The third kappa shape index (κ3) is 6.73. The summed E-state index contributed by atoms with van der Waals surface area (Å²) < 4.78 is 15.3. The van der Waals surface area contributed by atoms with Gasteiger partial charge in [0.1, 0.15) is 22.3 Å². The SMILES string of the molecule is CCOC(=O)Nc1cc(Cl)nc(N(Cc2ccc(OC)cc2)Cc2ccc(OC)cc2)c1[N+](=O)[O-]. The molecule has 2 aromatic carbocycles. The van der Waals surface area contributed by atoms with Gasteiger partial charge in [0.15, 0.2) is 0 Å². The molecule has 184 valence electrons. The highest BCUT2D eigenvalue weighted by molar-refractivity contribution is 6.30. The first-order valence-corrected chi connectivity index (χ1v) is 11.0. The van der Waals surface area contributed by atoms with Crippen molar-refractivity contribution >= 4 is 34.9 Å². The lowest BCUT2D eigenvalue weighted by Crippen LogP contribution is -2.25. The maximum absolute atomic E-state index is 12.1. The largest absolute Gasteiger partial charge is 0.497 e. The number of pyridine rings is 1. The number of carbonyl (C=O) groups excluding carboxylic acids is 1. The number of benzene rings is 2. The zero-order chi connectivity index (χ0) is 25.4. The molecule has 0 radical (unpaired) electrons. The molecule has 3 rings (SSSR count). The number of amides is 1. The number of carbonyl (C=O) groups is 1. The number of hydrogen-bond acceptors (Lipinski definition) is 8. The average Bonchev–Trinajstić information content (AvgIpc) is 2.84. The van der Waals surface area contributed by atoms with Crippen LogP contribution >= 0.6 is 11.6 Å². The van der Waals surface area contributed by atoms with Gasteiger partial charge in [0.05, 0.1) is 25.7 Å². The normalized spacial score (nSPS) is 10.4. The van der Waals surface area contributed by atoms with E-state index in [4.69, 9.17) is 25.8 Å². The average molecular weight is 501 g/mol. The highest BCUT2D eigenvalue weighted by Gasteiger charge is 2.29. The first-order valence-electron chi connectivity index (χ1n) is 10.6. The van der Waals surface area contributed by atoms with Crippen molar-refractivity contribution in [2.75, 3.05) is 31.0 Å². The van der Waals surface area contributed by atoms with Crippen LogP contribution in [0.4, 0.5) is 22.0 Å². The second kappa shape index (κ2) is 11.9. The summed E-state index contributed by atoms with van der Waals surface area (Å²) in [7, 11) is 3.14. The summed E-state index contributed by atoms with van der Waals surface area (Å²) in [5.74, 6) is 1.37. The van der Waals surface area contributed by atoms with Crippen molar-refractivity contribution in [2.45, 2.75) is 20.0 Å². The van der Waals surface area contributed by atoms with E-state index in [2.05, 4.69) is 10.3 Å². The molecule has 0 bridgehead atoms. The van der Waals surface area contributed by atoms with E-state index in [0.29, 0.717) is 11.5 Å². The van der Waals surface area contributed by atoms with Gasteiger partial charge in [-0.15, -0.1) is 0 Å². The molecule has 35 heavy (non-hydrogen) atoms. The summed E-state index contributed by atoms with van der Waals surface area (Å²) in [6, 6.07) is 15.8. The molecule has 1 heterocycles.